The molecule has 0 bridgehead atoms. The second-order valence-corrected chi connectivity index (χ2v) is 7.33. The van der Waals surface area contributed by atoms with E-state index in [1.807, 2.05) is 6.92 Å². The molecule has 3 N–H and O–H groups in total. The molecule has 1 heterocycles. The van der Waals surface area contributed by atoms with Crippen molar-refractivity contribution in [2.24, 2.45) is 5.92 Å². The molecule has 7 nitrogen and oxygen atoms in total. The number of imide groups is 1. The number of nitrogens with one attached hydrogen (secondary N) is 1. The maximum atomic E-state index is 12.0. The smallest absolute Gasteiger partial charge is 0.324 e. The van der Waals surface area contributed by atoms with Gasteiger partial charge < -0.3 is 15.1 Å². The molecule has 0 aliphatic carbocycles. The minimum atomic E-state index is -0.788. The molecule has 1 aliphatic rings. The van der Waals surface area contributed by atoms with Crippen LogP contribution in [0.3, 0.4) is 0 Å². The molecule has 26 heavy (non-hydrogen) atoms. The summed E-state index contributed by atoms with van der Waals surface area (Å²) < 4.78 is 0. The summed E-state index contributed by atoms with van der Waals surface area (Å²) in [6.45, 7) is 4.51. The summed E-state index contributed by atoms with van der Waals surface area (Å²) in [6, 6.07) is -0.848. The van der Waals surface area contributed by atoms with Gasteiger partial charge in [-0.2, -0.15) is 0 Å². The first-order chi connectivity index (χ1) is 12.4. The molecular formula is C19H34N2O5. The van der Waals surface area contributed by atoms with Crippen molar-refractivity contribution < 1.29 is 24.6 Å². The molecule has 0 aromatic rings. The molecule has 150 valence electrons. The number of urea groups is 1. The predicted octanol–water partition coefficient (Wildman–Crippen LogP) is 2.91. The third-order valence-corrected chi connectivity index (χ3v) is 5.12. The van der Waals surface area contributed by atoms with Crippen LogP contribution in [-0.2, 0) is 9.59 Å². The van der Waals surface area contributed by atoms with E-state index in [4.69, 9.17) is 5.11 Å². The number of aliphatic carboxylic acids is 1. The quantitative estimate of drug-likeness (QED) is 0.322. The van der Waals surface area contributed by atoms with E-state index < -0.39 is 18.1 Å². The third-order valence-electron chi connectivity index (χ3n) is 5.12. The summed E-state index contributed by atoms with van der Waals surface area (Å²) in [6.07, 6.45) is 6.94. The van der Waals surface area contributed by atoms with Crippen LogP contribution in [0.4, 0.5) is 4.79 Å². The molecule has 0 aromatic carbocycles. The number of hydrogen-bond donors (Lipinski definition) is 3. The van der Waals surface area contributed by atoms with Crippen molar-refractivity contribution in [2.45, 2.75) is 90.2 Å². The lowest BCUT2D eigenvalue weighted by Crippen LogP contribution is -2.38. The first-order valence-electron chi connectivity index (χ1n) is 9.88. The number of carbonyl (C=O) groups is 3. The van der Waals surface area contributed by atoms with E-state index >= 15 is 0 Å². The van der Waals surface area contributed by atoms with Crippen molar-refractivity contribution in [3.8, 4) is 0 Å². The molecule has 0 saturated carbocycles. The van der Waals surface area contributed by atoms with Crippen molar-refractivity contribution in [1.82, 2.24) is 10.2 Å². The van der Waals surface area contributed by atoms with E-state index in [2.05, 4.69) is 12.2 Å². The molecular weight excluding hydrogens is 336 g/mol. The summed E-state index contributed by atoms with van der Waals surface area (Å²) >= 11 is 0. The van der Waals surface area contributed by atoms with Gasteiger partial charge in [0.2, 0.25) is 0 Å². The molecule has 1 aliphatic heterocycles. The Labute approximate surface area is 156 Å². The van der Waals surface area contributed by atoms with Crippen LogP contribution in [0.2, 0.25) is 0 Å². The highest BCUT2D eigenvalue weighted by atomic mass is 16.4. The normalized spacial score (nSPS) is 19.5. The Hall–Kier alpha value is -1.63. The maximum Gasteiger partial charge on any atom is 0.324 e. The number of carboxylic acid groups (broad SMARTS) is 1. The van der Waals surface area contributed by atoms with Crippen LogP contribution >= 0.6 is 0 Å². The zero-order valence-corrected chi connectivity index (χ0v) is 16.1. The molecule has 7 heteroatoms. The number of nitrogens with zero attached hydrogens (tertiary/aromatic N) is 1. The summed E-state index contributed by atoms with van der Waals surface area (Å²) in [5.41, 5.74) is 0. The van der Waals surface area contributed by atoms with Gasteiger partial charge in [-0.05, 0) is 31.6 Å². The first-order valence-corrected chi connectivity index (χ1v) is 9.88. The SMILES string of the molecule is CCCCC(C)C(O)CCN1C(=O)NC(=O)C1CCCCCCC(=O)O. The Kier molecular flexibility index (Phi) is 10.2. The average molecular weight is 370 g/mol. The lowest BCUT2D eigenvalue weighted by Gasteiger charge is -2.25. The number of carboxylic acids is 1. The number of carbonyl (C=O) groups excluding carboxylic acids is 2. The highest BCUT2D eigenvalue weighted by Crippen LogP contribution is 2.20. The van der Waals surface area contributed by atoms with Gasteiger partial charge in [-0.3, -0.25) is 14.9 Å². The topological polar surface area (TPSA) is 107 Å². The first kappa shape index (κ1) is 22.4. The van der Waals surface area contributed by atoms with Crippen LogP contribution in [0.5, 0.6) is 0 Å². The number of hydrogen-bond acceptors (Lipinski definition) is 4. The van der Waals surface area contributed by atoms with E-state index in [1.165, 1.54) is 4.90 Å². The summed E-state index contributed by atoms with van der Waals surface area (Å²) in [5.74, 6) is -0.873. The van der Waals surface area contributed by atoms with Crippen molar-refractivity contribution in [2.75, 3.05) is 6.54 Å². The Morgan fingerprint density at radius 1 is 1.15 bits per heavy atom. The van der Waals surface area contributed by atoms with Crippen LogP contribution in [0.1, 0.15) is 78.1 Å². The van der Waals surface area contributed by atoms with Crippen molar-refractivity contribution in [3.05, 3.63) is 0 Å². The van der Waals surface area contributed by atoms with E-state index in [-0.39, 0.29) is 24.3 Å². The van der Waals surface area contributed by atoms with E-state index in [1.54, 1.807) is 0 Å². The fraction of sp³-hybridized carbons (Fsp3) is 0.842. The molecule has 1 fully saturated rings. The molecule has 0 spiro atoms. The lowest BCUT2D eigenvalue weighted by molar-refractivity contribution is -0.137. The Morgan fingerprint density at radius 2 is 1.85 bits per heavy atom. The largest absolute Gasteiger partial charge is 0.481 e. The molecule has 1 saturated heterocycles. The van der Waals surface area contributed by atoms with Crippen LogP contribution in [0.25, 0.3) is 0 Å². The second kappa shape index (κ2) is 11.9. The second-order valence-electron chi connectivity index (χ2n) is 7.33. The standard InChI is InChI=1S/C19H34N2O5/c1-3-4-9-14(2)16(22)12-13-21-15(18(25)20-19(21)26)10-7-5-6-8-11-17(23)24/h14-16,22H,3-13H2,1-2H3,(H,23,24)(H,20,25,26). The van der Waals surface area contributed by atoms with Gasteiger partial charge in [0.25, 0.3) is 5.91 Å². The van der Waals surface area contributed by atoms with Crippen molar-refractivity contribution in [3.63, 3.8) is 0 Å². The summed E-state index contributed by atoms with van der Waals surface area (Å²) in [5, 5.41) is 21.2. The van der Waals surface area contributed by atoms with Crippen molar-refractivity contribution >= 4 is 17.9 Å². The van der Waals surface area contributed by atoms with E-state index in [9.17, 15) is 19.5 Å². The highest BCUT2D eigenvalue weighted by molar-refractivity contribution is 6.04. The average Bonchev–Trinajstić information content (AvgIpc) is 2.86. The number of aliphatic hydroxyl groups excluding tert-OH is 1. The molecule has 3 amide bonds. The number of aliphatic hydroxyl groups is 1. The molecule has 1 rings (SSSR count). The van der Waals surface area contributed by atoms with Gasteiger partial charge in [0, 0.05) is 13.0 Å². The number of amides is 3. The fourth-order valence-corrected chi connectivity index (χ4v) is 3.33. The van der Waals surface area contributed by atoms with Gasteiger partial charge in [-0.15, -0.1) is 0 Å². The zero-order valence-electron chi connectivity index (χ0n) is 16.1. The summed E-state index contributed by atoms with van der Waals surface area (Å²) in [7, 11) is 0. The maximum absolute atomic E-state index is 12.0. The van der Waals surface area contributed by atoms with Crippen LogP contribution in [-0.4, -0.2) is 51.7 Å². The van der Waals surface area contributed by atoms with E-state index in [0.29, 0.717) is 25.8 Å². The molecule has 3 unspecified atom stereocenters. The molecule has 0 radical (unpaired) electrons. The Bertz CT molecular complexity index is 469. The minimum Gasteiger partial charge on any atom is -0.481 e. The minimum absolute atomic E-state index is 0.169. The van der Waals surface area contributed by atoms with Crippen LogP contribution < -0.4 is 5.32 Å². The van der Waals surface area contributed by atoms with Crippen LogP contribution in [0.15, 0.2) is 0 Å². The van der Waals surface area contributed by atoms with Gasteiger partial charge in [0.15, 0.2) is 0 Å². The van der Waals surface area contributed by atoms with Gasteiger partial charge in [-0.1, -0.05) is 46.0 Å². The number of unbranched alkanes of at least 4 members (excludes halogenated alkanes) is 4. The Balaban J connectivity index is 2.38. The predicted molar refractivity (Wildman–Crippen MR) is 98.7 cm³/mol. The van der Waals surface area contributed by atoms with Crippen LogP contribution in [0, 0.1) is 5.92 Å². The highest BCUT2D eigenvalue weighted by Gasteiger charge is 2.37. The fourth-order valence-electron chi connectivity index (χ4n) is 3.33. The lowest BCUT2D eigenvalue weighted by atomic mass is 9.95. The van der Waals surface area contributed by atoms with Gasteiger partial charge in [0.05, 0.1) is 6.10 Å². The summed E-state index contributed by atoms with van der Waals surface area (Å²) in [4.78, 5) is 36.0. The Morgan fingerprint density at radius 3 is 2.50 bits per heavy atom. The van der Waals surface area contributed by atoms with Gasteiger partial charge >= 0.3 is 12.0 Å². The van der Waals surface area contributed by atoms with Crippen molar-refractivity contribution in [1.29, 1.82) is 0 Å². The van der Waals surface area contributed by atoms with Gasteiger partial charge in [0.1, 0.15) is 6.04 Å². The third kappa shape index (κ3) is 7.72. The zero-order chi connectivity index (χ0) is 19.5. The van der Waals surface area contributed by atoms with E-state index in [0.717, 1.165) is 38.5 Å². The molecule has 3 atom stereocenters. The number of rotatable bonds is 14. The molecule has 0 aromatic heterocycles. The van der Waals surface area contributed by atoms with Gasteiger partial charge in [-0.25, -0.2) is 4.79 Å². The monoisotopic (exact) mass is 370 g/mol.